The van der Waals surface area contributed by atoms with Crippen molar-refractivity contribution in [1.29, 1.82) is 0 Å². The molecule has 106 valence electrons. The first kappa shape index (κ1) is 13.4. The Hall–Kier alpha value is -1.61. The van der Waals surface area contributed by atoms with Crippen LogP contribution in [0.4, 0.5) is 5.69 Å². The van der Waals surface area contributed by atoms with E-state index in [1.54, 1.807) is 0 Å². The lowest BCUT2D eigenvalue weighted by molar-refractivity contribution is 0.110. The Labute approximate surface area is 120 Å². The SMILES string of the molecule is CCCc1cccc2c(NCC)c3c(nc12)CCOC3. The molecule has 0 amide bonds. The smallest absolute Gasteiger partial charge is 0.0758 e. The number of ether oxygens (including phenoxy) is 1. The highest BCUT2D eigenvalue weighted by atomic mass is 16.5. The summed E-state index contributed by atoms with van der Waals surface area (Å²) >= 11 is 0. The van der Waals surface area contributed by atoms with E-state index >= 15 is 0 Å². The highest BCUT2D eigenvalue weighted by Crippen LogP contribution is 2.33. The van der Waals surface area contributed by atoms with Gasteiger partial charge in [-0.3, -0.25) is 4.98 Å². The maximum atomic E-state index is 5.63. The van der Waals surface area contributed by atoms with E-state index in [4.69, 9.17) is 9.72 Å². The number of aromatic nitrogens is 1. The van der Waals surface area contributed by atoms with E-state index in [1.165, 1.54) is 33.4 Å². The molecule has 0 spiro atoms. The lowest BCUT2D eigenvalue weighted by atomic mass is 9.99. The van der Waals surface area contributed by atoms with Gasteiger partial charge < -0.3 is 10.1 Å². The summed E-state index contributed by atoms with van der Waals surface area (Å²) in [5.74, 6) is 0. The van der Waals surface area contributed by atoms with Crippen molar-refractivity contribution in [2.75, 3.05) is 18.5 Å². The molecule has 1 aliphatic heterocycles. The summed E-state index contributed by atoms with van der Waals surface area (Å²) in [6, 6.07) is 6.53. The summed E-state index contributed by atoms with van der Waals surface area (Å²) in [6.07, 6.45) is 3.16. The van der Waals surface area contributed by atoms with Gasteiger partial charge in [-0.2, -0.15) is 0 Å². The second-order valence-electron chi connectivity index (χ2n) is 5.31. The van der Waals surface area contributed by atoms with Crippen molar-refractivity contribution < 1.29 is 4.74 Å². The first-order valence-electron chi connectivity index (χ1n) is 7.60. The van der Waals surface area contributed by atoms with Gasteiger partial charge >= 0.3 is 0 Å². The highest BCUT2D eigenvalue weighted by Gasteiger charge is 2.19. The number of fused-ring (bicyclic) bond motifs is 2. The Morgan fingerprint density at radius 3 is 3.00 bits per heavy atom. The molecule has 0 aliphatic carbocycles. The minimum atomic E-state index is 0.679. The minimum Gasteiger partial charge on any atom is -0.384 e. The highest BCUT2D eigenvalue weighted by molar-refractivity contribution is 5.95. The lowest BCUT2D eigenvalue weighted by Crippen LogP contribution is -2.15. The standard InChI is InChI=1S/C17H22N2O/c1-3-6-12-7-5-8-13-16(12)19-15-9-10-20-11-14(15)17(13)18-4-2/h5,7-8H,3-4,6,9-11H2,1-2H3,(H,18,19). The molecular weight excluding hydrogens is 248 g/mol. The van der Waals surface area contributed by atoms with Gasteiger partial charge in [-0.1, -0.05) is 31.5 Å². The number of hydrogen-bond donors (Lipinski definition) is 1. The molecule has 2 heterocycles. The van der Waals surface area contributed by atoms with Crippen LogP contribution in [0, 0.1) is 0 Å². The molecule has 2 aromatic rings. The van der Waals surface area contributed by atoms with Crippen LogP contribution in [0.1, 0.15) is 37.1 Å². The summed E-state index contributed by atoms with van der Waals surface area (Å²) in [6.45, 7) is 6.74. The van der Waals surface area contributed by atoms with E-state index in [2.05, 4.69) is 37.4 Å². The Bertz CT molecular complexity index is 622. The molecular formula is C17H22N2O. The molecule has 0 saturated heterocycles. The number of nitrogens with one attached hydrogen (secondary N) is 1. The minimum absolute atomic E-state index is 0.679. The van der Waals surface area contributed by atoms with E-state index in [0.29, 0.717) is 6.61 Å². The third kappa shape index (κ3) is 2.27. The molecule has 1 aliphatic rings. The molecule has 0 unspecified atom stereocenters. The molecule has 0 fully saturated rings. The number of hydrogen-bond acceptors (Lipinski definition) is 3. The largest absolute Gasteiger partial charge is 0.384 e. The van der Waals surface area contributed by atoms with Crippen molar-refractivity contribution in [3.05, 3.63) is 35.0 Å². The summed E-state index contributed by atoms with van der Waals surface area (Å²) in [5.41, 5.74) is 6.22. The number of anilines is 1. The van der Waals surface area contributed by atoms with Gasteiger partial charge in [0.15, 0.2) is 0 Å². The average Bonchev–Trinajstić information content (AvgIpc) is 2.48. The van der Waals surface area contributed by atoms with E-state index in [1.807, 2.05) is 0 Å². The van der Waals surface area contributed by atoms with Crippen molar-refractivity contribution in [1.82, 2.24) is 4.98 Å². The van der Waals surface area contributed by atoms with Gasteiger partial charge in [0.2, 0.25) is 0 Å². The number of pyridine rings is 1. The van der Waals surface area contributed by atoms with Crippen molar-refractivity contribution in [2.24, 2.45) is 0 Å². The Morgan fingerprint density at radius 1 is 1.30 bits per heavy atom. The van der Waals surface area contributed by atoms with E-state index in [-0.39, 0.29) is 0 Å². The van der Waals surface area contributed by atoms with Crippen molar-refractivity contribution in [2.45, 2.75) is 39.7 Å². The maximum absolute atomic E-state index is 5.63. The number of nitrogens with zero attached hydrogens (tertiary/aromatic N) is 1. The third-order valence-electron chi connectivity index (χ3n) is 3.89. The van der Waals surface area contributed by atoms with Crippen LogP contribution < -0.4 is 5.32 Å². The molecule has 0 saturated carbocycles. The zero-order valence-electron chi connectivity index (χ0n) is 12.3. The summed E-state index contributed by atoms with van der Waals surface area (Å²) in [4.78, 5) is 4.96. The fraction of sp³-hybridized carbons (Fsp3) is 0.471. The molecule has 20 heavy (non-hydrogen) atoms. The van der Waals surface area contributed by atoms with Crippen LogP contribution in [0.15, 0.2) is 18.2 Å². The molecule has 1 aromatic heterocycles. The van der Waals surface area contributed by atoms with E-state index in [9.17, 15) is 0 Å². The fourth-order valence-corrected chi connectivity index (χ4v) is 2.99. The number of aryl methyl sites for hydroxylation is 1. The van der Waals surface area contributed by atoms with Crippen LogP contribution in [0.25, 0.3) is 10.9 Å². The van der Waals surface area contributed by atoms with Gasteiger partial charge in [-0.15, -0.1) is 0 Å². The molecule has 1 aromatic carbocycles. The van der Waals surface area contributed by atoms with E-state index < -0.39 is 0 Å². The molecule has 3 heteroatoms. The number of para-hydroxylation sites is 1. The Balaban J connectivity index is 2.26. The van der Waals surface area contributed by atoms with Gasteiger partial charge in [0.1, 0.15) is 0 Å². The van der Waals surface area contributed by atoms with Crippen LogP contribution >= 0.6 is 0 Å². The van der Waals surface area contributed by atoms with E-state index in [0.717, 1.165) is 32.4 Å². The zero-order valence-corrected chi connectivity index (χ0v) is 12.3. The predicted octanol–water partition coefficient (Wildman–Crippen LogP) is 3.69. The first-order valence-corrected chi connectivity index (χ1v) is 7.60. The van der Waals surface area contributed by atoms with Gasteiger partial charge in [0, 0.05) is 23.9 Å². The molecule has 0 bridgehead atoms. The monoisotopic (exact) mass is 270 g/mol. The predicted molar refractivity (Wildman–Crippen MR) is 83.3 cm³/mol. The number of rotatable bonds is 4. The normalized spacial score (nSPS) is 14.3. The van der Waals surface area contributed by atoms with Gasteiger partial charge in [-0.25, -0.2) is 0 Å². The zero-order chi connectivity index (χ0) is 13.9. The third-order valence-corrected chi connectivity index (χ3v) is 3.89. The molecule has 0 radical (unpaired) electrons. The molecule has 1 N–H and O–H groups in total. The summed E-state index contributed by atoms with van der Waals surface area (Å²) in [7, 11) is 0. The lowest BCUT2D eigenvalue weighted by Gasteiger charge is -2.22. The van der Waals surface area contributed by atoms with Crippen LogP contribution in [0.2, 0.25) is 0 Å². The molecule has 0 atom stereocenters. The quantitative estimate of drug-likeness (QED) is 0.920. The fourth-order valence-electron chi connectivity index (χ4n) is 2.99. The van der Waals surface area contributed by atoms with Crippen molar-refractivity contribution in [3.8, 4) is 0 Å². The summed E-state index contributed by atoms with van der Waals surface area (Å²) in [5, 5.41) is 4.77. The first-order chi connectivity index (χ1) is 9.85. The van der Waals surface area contributed by atoms with Crippen molar-refractivity contribution >= 4 is 16.6 Å². The topological polar surface area (TPSA) is 34.2 Å². The maximum Gasteiger partial charge on any atom is 0.0758 e. The van der Waals surface area contributed by atoms with Crippen LogP contribution in [0.3, 0.4) is 0 Å². The molecule has 3 rings (SSSR count). The Kier molecular flexibility index (Phi) is 3.88. The van der Waals surface area contributed by atoms with Gasteiger partial charge in [0.05, 0.1) is 30.1 Å². The Morgan fingerprint density at radius 2 is 2.20 bits per heavy atom. The second kappa shape index (κ2) is 5.80. The van der Waals surface area contributed by atoms with Gasteiger partial charge in [-0.05, 0) is 18.9 Å². The number of benzene rings is 1. The van der Waals surface area contributed by atoms with Crippen LogP contribution in [-0.2, 0) is 24.2 Å². The second-order valence-corrected chi connectivity index (χ2v) is 5.31. The van der Waals surface area contributed by atoms with Gasteiger partial charge in [0.25, 0.3) is 0 Å². The van der Waals surface area contributed by atoms with Crippen LogP contribution in [0.5, 0.6) is 0 Å². The average molecular weight is 270 g/mol. The van der Waals surface area contributed by atoms with Crippen LogP contribution in [-0.4, -0.2) is 18.1 Å². The van der Waals surface area contributed by atoms with Crippen molar-refractivity contribution in [3.63, 3.8) is 0 Å². The summed E-state index contributed by atoms with van der Waals surface area (Å²) < 4.78 is 5.63. The molecule has 3 nitrogen and oxygen atoms in total.